The number of para-hydroxylation sites is 1. The Morgan fingerprint density at radius 2 is 1.79 bits per heavy atom. The predicted molar refractivity (Wildman–Crippen MR) is 146 cm³/mol. The summed E-state index contributed by atoms with van der Waals surface area (Å²) in [5.41, 5.74) is 7.94. The van der Waals surface area contributed by atoms with Crippen LogP contribution >= 0.6 is 0 Å². The monoisotopic (exact) mass is 535 g/mol. The lowest BCUT2D eigenvalue weighted by Gasteiger charge is -2.13. The number of hydrogen-bond donors (Lipinski definition) is 3. The topological polar surface area (TPSA) is 142 Å². The molecule has 4 rings (SSSR count). The van der Waals surface area contributed by atoms with Crippen LogP contribution in [-0.2, 0) is 25.7 Å². The number of amides is 2. The number of rotatable bonds is 11. The van der Waals surface area contributed by atoms with E-state index in [4.69, 9.17) is 19.9 Å². The molecule has 2 amide bonds. The highest BCUT2D eigenvalue weighted by Gasteiger charge is 2.35. The molecule has 1 unspecified atom stereocenters. The number of nitrogens with two attached hydrogens (primary N) is 1. The summed E-state index contributed by atoms with van der Waals surface area (Å²) in [6.07, 6.45) is 2.89. The molecule has 0 radical (unpaired) electrons. The summed E-state index contributed by atoms with van der Waals surface area (Å²) in [4.78, 5) is 38.2. The Morgan fingerprint density at radius 3 is 2.49 bits per heavy atom. The van der Waals surface area contributed by atoms with E-state index in [1.165, 1.54) is 20.3 Å². The van der Waals surface area contributed by atoms with Crippen molar-refractivity contribution >= 4 is 39.8 Å². The van der Waals surface area contributed by atoms with Crippen LogP contribution in [0.25, 0.3) is 22.0 Å². The minimum absolute atomic E-state index is 0.118. The number of phenolic OH excluding ortho intramolecular Hbond substituents is 1. The molecule has 0 aliphatic carbocycles. The van der Waals surface area contributed by atoms with Gasteiger partial charge in [-0.1, -0.05) is 32.0 Å². The number of aromatic hydroxyl groups is 1. The van der Waals surface area contributed by atoms with Crippen molar-refractivity contribution in [3.63, 3.8) is 0 Å². The van der Waals surface area contributed by atoms with E-state index in [0.29, 0.717) is 36.4 Å². The first kappa shape index (κ1) is 27.7. The van der Waals surface area contributed by atoms with Crippen LogP contribution in [0.15, 0.2) is 42.6 Å². The first-order valence-corrected chi connectivity index (χ1v) is 12.7. The highest BCUT2D eigenvalue weighted by atomic mass is 16.5. The summed E-state index contributed by atoms with van der Waals surface area (Å²) >= 11 is 0. The fraction of sp³-hybridized carbons (Fsp3) is 0.345. The summed E-state index contributed by atoms with van der Waals surface area (Å²) in [7, 11) is 2.81. The third-order valence-corrected chi connectivity index (χ3v) is 6.55. The maximum absolute atomic E-state index is 13.1. The number of carbonyl (C=O) groups is 3. The maximum Gasteiger partial charge on any atom is 0.322 e. The van der Waals surface area contributed by atoms with Crippen LogP contribution in [0.3, 0.4) is 0 Å². The van der Waals surface area contributed by atoms with Crippen LogP contribution in [0.4, 0.5) is 0 Å². The Labute approximate surface area is 226 Å². The number of aromatic nitrogens is 1. The second-order valence-corrected chi connectivity index (χ2v) is 9.77. The number of methoxy groups -OCH3 is 2. The van der Waals surface area contributed by atoms with Crippen LogP contribution in [-0.4, -0.2) is 54.3 Å². The van der Waals surface area contributed by atoms with Gasteiger partial charge >= 0.3 is 5.97 Å². The molecule has 10 nitrogen and oxygen atoms in total. The van der Waals surface area contributed by atoms with Crippen molar-refractivity contribution in [2.75, 3.05) is 20.8 Å². The number of aryl methyl sites for hydroxylation is 1. The van der Waals surface area contributed by atoms with E-state index in [2.05, 4.69) is 5.32 Å². The molecule has 0 saturated heterocycles. The molecule has 1 atom stereocenters. The molecule has 39 heavy (non-hydrogen) atoms. The van der Waals surface area contributed by atoms with Crippen LogP contribution in [0.1, 0.15) is 37.8 Å². The third kappa shape index (κ3) is 5.61. The van der Waals surface area contributed by atoms with Gasteiger partial charge in [-0.05, 0) is 42.5 Å². The number of ether oxygens (including phenoxy) is 3. The SMILES string of the molecule is COc1cc(C2=C(c3cn(CCCOC(=O)C(N)CC(C)C)c4ccccc34)C(=O)NC2=O)cc(O)c1OC. The van der Waals surface area contributed by atoms with Gasteiger partial charge in [-0.15, -0.1) is 0 Å². The number of benzene rings is 2. The number of phenols is 1. The first-order valence-electron chi connectivity index (χ1n) is 12.7. The summed E-state index contributed by atoms with van der Waals surface area (Å²) in [5.74, 6) is -1.14. The smallest absolute Gasteiger partial charge is 0.322 e. The highest BCUT2D eigenvalue weighted by Crippen LogP contribution is 2.42. The molecule has 10 heteroatoms. The molecule has 3 aromatic rings. The second kappa shape index (κ2) is 11.6. The molecule has 1 aliphatic heterocycles. The van der Waals surface area contributed by atoms with E-state index in [1.54, 1.807) is 6.07 Å². The largest absolute Gasteiger partial charge is 0.504 e. The number of nitrogens with one attached hydrogen (secondary N) is 1. The number of fused-ring (bicyclic) bond motifs is 1. The zero-order chi connectivity index (χ0) is 28.3. The molecular weight excluding hydrogens is 502 g/mol. The van der Waals surface area contributed by atoms with Crippen molar-refractivity contribution < 1.29 is 33.7 Å². The lowest BCUT2D eigenvalue weighted by molar-refractivity contribution is -0.145. The van der Waals surface area contributed by atoms with E-state index in [1.807, 2.05) is 48.9 Å². The summed E-state index contributed by atoms with van der Waals surface area (Å²) in [6, 6.07) is 9.79. The summed E-state index contributed by atoms with van der Waals surface area (Å²) < 4.78 is 17.8. The molecule has 0 saturated carbocycles. The maximum atomic E-state index is 13.1. The molecule has 0 fully saturated rings. The Morgan fingerprint density at radius 1 is 1.08 bits per heavy atom. The molecule has 206 valence electrons. The van der Waals surface area contributed by atoms with Gasteiger partial charge in [-0.2, -0.15) is 0 Å². The first-order chi connectivity index (χ1) is 18.7. The molecule has 0 bridgehead atoms. The van der Waals surface area contributed by atoms with Crippen molar-refractivity contribution in [1.82, 2.24) is 9.88 Å². The zero-order valence-electron chi connectivity index (χ0n) is 22.4. The molecule has 1 aliphatic rings. The van der Waals surface area contributed by atoms with E-state index >= 15 is 0 Å². The van der Waals surface area contributed by atoms with E-state index in [0.717, 1.165) is 10.9 Å². The molecule has 2 heterocycles. The van der Waals surface area contributed by atoms with Gasteiger partial charge in [0.2, 0.25) is 5.75 Å². The lowest BCUT2D eigenvalue weighted by atomic mass is 9.95. The van der Waals surface area contributed by atoms with Gasteiger partial charge in [0.05, 0.1) is 32.0 Å². The third-order valence-electron chi connectivity index (χ3n) is 6.55. The van der Waals surface area contributed by atoms with E-state index in [9.17, 15) is 19.5 Å². The highest BCUT2D eigenvalue weighted by molar-refractivity contribution is 6.50. The van der Waals surface area contributed by atoms with Crippen molar-refractivity contribution in [2.24, 2.45) is 11.7 Å². The lowest BCUT2D eigenvalue weighted by Crippen LogP contribution is -2.33. The van der Waals surface area contributed by atoms with Crippen LogP contribution in [0, 0.1) is 5.92 Å². The summed E-state index contributed by atoms with van der Waals surface area (Å²) in [5, 5.41) is 13.6. The van der Waals surface area contributed by atoms with Gasteiger partial charge in [-0.3, -0.25) is 19.7 Å². The molecule has 1 aromatic heterocycles. The van der Waals surface area contributed by atoms with Crippen molar-refractivity contribution in [2.45, 2.75) is 39.3 Å². The van der Waals surface area contributed by atoms with Gasteiger partial charge in [0.1, 0.15) is 6.04 Å². The Balaban J connectivity index is 1.68. The molecule has 2 aromatic carbocycles. The molecule has 4 N–H and O–H groups in total. The van der Waals surface area contributed by atoms with Crippen molar-refractivity contribution in [3.05, 3.63) is 53.7 Å². The van der Waals surface area contributed by atoms with Gasteiger partial charge < -0.3 is 29.6 Å². The number of esters is 1. The fourth-order valence-corrected chi connectivity index (χ4v) is 4.83. The standard InChI is InChI=1S/C29H33N3O7/c1-16(2)12-20(30)29(36)39-11-7-10-32-15-19(18-8-5-6-9-21(18)32)25-24(27(34)31-28(25)35)17-13-22(33)26(38-4)23(14-17)37-3/h5-6,8-9,13-16,20,33H,7,10-12,30H2,1-4H3,(H,31,34,35). The predicted octanol–water partition coefficient (Wildman–Crippen LogP) is 3.24. The van der Waals surface area contributed by atoms with Gasteiger partial charge in [-0.25, -0.2) is 0 Å². The molecule has 0 spiro atoms. The van der Waals surface area contributed by atoms with Gasteiger partial charge in [0.15, 0.2) is 11.5 Å². The number of imide groups is 1. The summed E-state index contributed by atoms with van der Waals surface area (Å²) in [6.45, 7) is 4.69. The average Bonchev–Trinajstić information content (AvgIpc) is 3.41. The Kier molecular flexibility index (Phi) is 8.25. The minimum atomic E-state index is -0.649. The zero-order valence-corrected chi connectivity index (χ0v) is 22.4. The number of hydrogen-bond acceptors (Lipinski definition) is 8. The average molecular weight is 536 g/mol. The van der Waals surface area contributed by atoms with Gasteiger partial charge in [0, 0.05) is 29.2 Å². The van der Waals surface area contributed by atoms with Crippen molar-refractivity contribution in [3.8, 4) is 17.2 Å². The van der Waals surface area contributed by atoms with Crippen LogP contribution in [0.2, 0.25) is 0 Å². The fourth-order valence-electron chi connectivity index (χ4n) is 4.83. The minimum Gasteiger partial charge on any atom is -0.504 e. The second-order valence-electron chi connectivity index (χ2n) is 9.77. The normalized spacial score (nSPS) is 14.2. The Bertz CT molecular complexity index is 1450. The molecular formula is C29H33N3O7. The van der Waals surface area contributed by atoms with Crippen LogP contribution in [0.5, 0.6) is 17.2 Å². The van der Waals surface area contributed by atoms with E-state index < -0.39 is 23.8 Å². The van der Waals surface area contributed by atoms with Gasteiger partial charge in [0.25, 0.3) is 11.8 Å². The quantitative estimate of drug-likeness (QED) is 0.193. The van der Waals surface area contributed by atoms with Crippen LogP contribution < -0.4 is 20.5 Å². The number of carbonyl (C=O) groups excluding carboxylic acids is 3. The number of nitrogens with zero attached hydrogens (tertiary/aromatic N) is 1. The Hall–Kier alpha value is -4.31. The van der Waals surface area contributed by atoms with E-state index in [-0.39, 0.29) is 35.0 Å². The van der Waals surface area contributed by atoms with Crippen molar-refractivity contribution in [1.29, 1.82) is 0 Å².